The molecular formula is C10H11Cl2NO3S. The number of sulfonamides is 1. The van der Waals surface area contributed by atoms with Gasteiger partial charge in [0.2, 0.25) is 10.0 Å². The zero-order valence-electron chi connectivity index (χ0n) is 8.78. The van der Waals surface area contributed by atoms with Crippen LogP contribution >= 0.6 is 23.2 Å². The van der Waals surface area contributed by atoms with Crippen molar-refractivity contribution in [3.63, 3.8) is 0 Å². The summed E-state index contributed by atoms with van der Waals surface area (Å²) in [6.07, 6.45) is 1.69. The monoisotopic (exact) mass is 295 g/mol. The molecule has 0 aromatic heterocycles. The summed E-state index contributed by atoms with van der Waals surface area (Å²) in [5.74, 6) is 0. The van der Waals surface area contributed by atoms with Crippen LogP contribution in [0.5, 0.6) is 0 Å². The third-order valence-electron chi connectivity index (χ3n) is 2.50. The predicted molar refractivity (Wildman–Crippen MR) is 65.7 cm³/mol. The van der Waals surface area contributed by atoms with Crippen LogP contribution in [0, 0.1) is 0 Å². The average Bonchev–Trinajstić information content (AvgIpc) is 3.01. The number of benzene rings is 1. The molecular weight excluding hydrogens is 285 g/mol. The lowest BCUT2D eigenvalue weighted by atomic mass is 10.2. The smallest absolute Gasteiger partial charge is 0.242 e. The molecule has 0 spiro atoms. The van der Waals surface area contributed by atoms with E-state index in [-0.39, 0.29) is 26.5 Å². The summed E-state index contributed by atoms with van der Waals surface area (Å²) in [5, 5.41) is 9.33. The number of hydrogen-bond donors (Lipinski definition) is 2. The molecule has 2 N–H and O–H groups in total. The van der Waals surface area contributed by atoms with E-state index in [1.165, 1.54) is 12.1 Å². The lowest BCUT2D eigenvalue weighted by molar-refractivity contribution is 0.281. The Bertz CT molecular complexity index is 541. The first-order valence-corrected chi connectivity index (χ1v) is 7.29. The van der Waals surface area contributed by atoms with E-state index in [0.717, 1.165) is 12.8 Å². The fourth-order valence-electron chi connectivity index (χ4n) is 1.41. The van der Waals surface area contributed by atoms with Crippen LogP contribution in [0.3, 0.4) is 0 Å². The van der Waals surface area contributed by atoms with E-state index in [2.05, 4.69) is 4.72 Å². The molecule has 0 amide bonds. The first kappa shape index (κ1) is 13.1. The van der Waals surface area contributed by atoms with Gasteiger partial charge in [-0.2, -0.15) is 0 Å². The quantitative estimate of drug-likeness (QED) is 0.892. The Morgan fingerprint density at radius 2 is 2.00 bits per heavy atom. The van der Waals surface area contributed by atoms with Crippen LogP contribution in [-0.4, -0.2) is 19.6 Å². The fourth-order valence-corrected chi connectivity index (χ4v) is 3.62. The Labute approximate surface area is 110 Å². The van der Waals surface area contributed by atoms with Gasteiger partial charge in [0.05, 0.1) is 11.6 Å². The van der Waals surface area contributed by atoms with Gasteiger partial charge in [-0.1, -0.05) is 23.2 Å². The summed E-state index contributed by atoms with van der Waals surface area (Å²) in [6, 6.07) is 2.76. The van der Waals surface area contributed by atoms with Crippen molar-refractivity contribution in [1.29, 1.82) is 0 Å². The van der Waals surface area contributed by atoms with Crippen LogP contribution in [0.15, 0.2) is 17.0 Å². The summed E-state index contributed by atoms with van der Waals surface area (Å²) in [6.45, 7) is -0.398. The van der Waals surface area contributed by atoms with Crippen LogP contribution in [0.4, 0.5) is 0 Å². The van der Waals surface area contributed by atoms with Gasteiger partial charge in [-0.05, 0) is 25.0 Å². The molecule has 0 atom stereocenters. The Kier molecular flexibility index (Phi) is 3.66. The van der Waals surface area contributed by atoms with E-state index >= 15 is 0 Å². The van der Waals surface area contributed by atoms with E-state index in [9.17, 15) is 8.42 Å². The molecule has 17 heavy (non-hydrogen) atoms. The normalized spacial score (nSPS) is 16.2. The minimum absolute atomic E-state index is 0.00400. The number of nitrogens with one attached hydrogen (secondary N) is 1. The number of hydrogen-bond acceptors (Lipinski definition) is 3. The highest BCUT2D eigenvalue weighted by atomic mass is 35.5. The maximum Gasteiger partial charge on any atom is 0.242 e. The average molecular weight is 296 g/mol. The SMILES string of the molecule is O=S(=O)(NC1CC1)c1ccc(Cl)c(CO)c1Cl. The Balaban J connectivity index is 2.44. The van der Waals surface area contributed by atoms with Crippen LogP contribution in [0.25, 0.3) is 0 Å². The van der Waals surface area contributed by atoms with Crippen molar-refractivity contribution >= 4 is 33.2 Å². The Hall–Kier alpha value is -0.330. The third kappa shape index (κ3) is 2.74. The van der Waals surface area contributed by atoms with E-state index in [4.69, 9.17) is 28.3 Å². The minimum Gasteiger partial charge on any atom is -0.392 e. The van der Waals surface area contributed by atoms with Gasteiger partial charge in [-0.3, -0.25) is 0 Å². The summed E-state index contributed by atoms with van der Waals surface area (Å²) < 4.78 is 26.4. The molecule has 4 nitrogen and oxygen atoms in total. The van der Waals surface area contributed by atoms with Crippen molar-refractivity contribution in [2.45, 2.75) is 30.4 Å². The molecule has 94 valence electrons. The van der Waals surface area contributed by atoms with E-state index in [1.807, 2.05) is 0 Å². The second-order valence-corrected chi connectivity index (χ2v) is 6.36. The molecule has 2 rings (SSSR count). The molecule has 0 heterocycles. The molecule has 1 saturated carbocycles. The molecule has 0 aliphatic heterocycles. The standard InChI is InChI=1S/C10H11Cl2NO3S/c11-8-3-4-9(10(12)7(8)5-14)17(15,16)13-6-1-2-6/h3-4,6,13-14H,1-2,5H2. The number of aliphatic hydroxyl groups is 1. The molecule has 1 fully saturated rings. The third-order valence-corrected chi connectivity index (χ3v) is 4.96. The van der Waals surface area contributed by atoms with Gasteiger partial charge >= 0.3 is 0 Å². The molecule has 1 aromatic rings. The highest BCUT2D eigenvalue weighted by Crippen LogP contribution is 2.32. The van der Waals surface area contributed by atoms with Crippen molar-refractivity contribution in [3.8, 4) is 0 Å². The number of aliphatic hydroxyl groups excluding tert-OH is 1. The molecule has 7 heteroatoms. The highest BCUT2D eigenvalue weighted by molar-refractivity contribution is 7.89. The van der Waals surface area contributed by atoms with Crippen LogP contribution in [-0.2, 0) is 16.6 Å². The first-order chi connectivity index (χ1) is 7.95. The van der Waals surface area contributed by atoms with Gasteiger partial charge in [0.15, 0.2) is 0 Å². The zero-order valence-corrected chi connectivity index (χ0v) is 11.1. The van der Waals surface area contributed by atoms with Gasteiger partial charge in [0.1, 0.15) is 4.90 Å². The van der Waals surface area contributed by atoms with Gasteiger partial charge in [0.25, 0.3) is 0 Å². The van der Waals surface area contributed by atoms with Crippen molar-refractivity contribution in [1.82, 2.24) is 4.72 Å². The lowest BCUT2D eigenvalue weighted by Gasteiger charge is -2.11. The van der Waals surface area contributed by atoms with Crippen molar-refractivity contribution < 1.29 is 13.5 Å². The van der Waals surface area contributed by atoms with Crippen molar-refractivity contribution in [3.05, 3.63) is 27.7 Å². The number of halogens is 2. The van der Waals surface area contributed by atoms with Gasteiger partial charge in [-0.15, -0.1) is 0 Å². The second kappa shape index (κ2) is 4.74. The molecule has 0 saturated heterocycles. The first-order valence-electron chi connectivity index (χ1n) is 5.06. The van der Waals surface area contributed by atoms with Crippen molar-refractivity contribution in [2.75, 3.05) is 0 Å². The van der Waals surface area contributed by atoms with Gasteiger partial charge < -0.3 is 5.11 Å². The fraction of sp³-hybridized carbons (Fsp3) is 0.400. The van der Waals surface area contributed by atoms with Gasteiger partial charge in [0, 0.05) is 16.6 Å². The van der Waals surface area contributed by atoms with Crippen LogP contribution in [0.2, 0.25) is 10.0 Å². The number of rotatable bonds is 4. The van der Waals surface area contributed by atoms with Crippen LogP contribution in [0.1, 0.15) is 18.4 Å². The highest BCUT2D eigenvalue weighted by Gasteiger charge is 2.30. The maximum absolute atomic E-state index is 12.0. The molecule has 1 aromatic carbocycles. The molecule has 0 radical (unpaired) electrons. The largest absolute Gasteiger partial charge is 0.392 e. The molecule has 0 bridgehead atoms. The summed E-state index contributed by atoms with van der Waals surface area (Å²) in [7, 11) is -3.63. The summed E-state index contributed by atoms with van der Waals surface area (Å²) >= 11 is 11.7. The Morgan fingerprint density at radius 3 is 2.53 bits per heavy atom. The lowest BCUT2D eigenvalue weighted by Crippen LogP contribution is -2.26. The Morgan fingerprint density at radius 1 is 1.35 bits per heavy atom. The summed E-state index contributed by atoms with van der Waals surface area (Å²) in [5.41, 5.74) is 0.229. The van der Waals surface area contributed by atoms with E-state index < -0.39 is 16.6 Å². The topological polar surface area (TPSA) is 66.4 Å². The molecule has 1 aliphatic rings. The van der Waals surface area contributed by atoms with E-state index in [1.54, 1.807) is 0 Å². The predicted octanol–water partition coefficient (Wildman–Crippen LogP) is 1.93. The minimum atomic E-state index is -3.63. The van der Waals surface area contributed by atoms with Crippen molar-refractivity contribution in [2.24, 2.45) is 0 Å². The van der Waals surface area contributed by atoms with Crippen LogP contribution < -0.4 is 4.72 Å². The van der Waals surface area contributed by atoms with Gasteiger partial charge in [-0.25, -0.2) is 13.1 Å². The second-order valence-electron chi connectivity index (χ2n) is 3.89. The summed E-state index contributed by atoms with van der Waals surface area (Å²) in [4.78, 5) is -0.0421. The zero-order chi connectivity index (χ0) is 12.6. The van der Waals surface area contributed by atoms with E-state index in [0.29, 0.717) is 0 Å². The maximum atomic E-state index is 12.0. The molecule has 0 unspecified atom stereocenters. The molecule has 1 aliphatic carbocycles.